The van der Waals surface area contributed by atoms with Gasteiger partial charge in [0, 0.05) is 30.3 Å². The summed E-state index contributed by atoms with van der Waals surface area (Å²) in [7, 11) is 0. The number of hydrogen-bond acceptors (Lipinski definition) is 4. The largest absolute Gasteiger partial charge is 0.351 e. The van der Waals surface area contributed by atoms with E-state index in [2.05, 4.69) is 5.32 Å². The second kappa shape index (κ2) is 6.68. The van der Waals surface area contributed by atoms with Crippen LogP contribution in [0.1, 0.15) is 39.8 Å². The van der Waals surface area contributed by atoms with Gasteiger partial charge in [-0.05, 0) is 48.9 Å². The van der Waals surface area contributed by atoms with E-state index in [1.54, 1.807) is 17.9 Å². The molecule has 3 saturated heterocycles. The lowest BCUT2D eigenvalue weighted by Gasteiger charge is -2.23. The van der Waals surface area contributed by atoms with Gasteiger partial charge >= 0.3 is 0 Å². The van der Waals surface area contributed by atoms with E-state index in [4.69, 9.17) is 0 Å². The lowest BCUT2D eigenvalue weighted by Crippen LogP contribution is -2.43. The summed E-state index contributed by atoms with van der Waals surface area (Å²) in [4.78, 5) is 39.4. The predicted molar refractivity (Wildman–Crippen MR) is 100 cm³/mol. The van der Waals surface area contributed by atoms with E-state index in [1.165, 1.54) is 11.3 Å². The van der Waals surface area contributed by atoms with Crippen LogP contribution in [0.5, 0.6) is 0 Å². The molecule has 0 unspecified atom stereocenters. The van der Waals surface area contributed by atoms with Gasteiger partial charge < -0.3 is 10.2 Å². The van der Waals surface area contributed by atoms with Crippen molar-refractivity contribution in [3.63, 3.8) is 0 Å². The Kier molecular flexibility index (Phi) is 4.36. The van der Waals surface area contributed by atoms with E-state index < -0.39 is 0 Å². The number of ketones is 1. The first-order chi connectivity index (χ1) is 12.5. The van der Waals surface area contributed by atoms with Crippen molar-refractivity contribution in [1.29, 1.82) is 0 Å². The van der Waals surface area contributed by atoms with Crippen LogP contribution in [0, 0.1) is 5.92 Å². The Balaban J connectivity index is 1.62. The highest BCUT2D eigenvalue weighted by atomic mass is 32.1. The third kappa shape index (κ3) is 3.05. The molecule has 1 aromatic heterocycles. The number of rotatable bonds is 3. The quantitative estimate of drug-likeness (QED) is 0.847. The molecule has 2 aromatic rings. The average Bonchev–Trinajstić information content (AvgIpc) is 2.97. The van der Waals surface area contributed by atoms with E-state index in [0.29, 0.717) is 23.5 Å². The number of nitrogens with one attached hydrogen (secondary N) is 1. The first-order valence-corrected chi connectivity index (χ1v) is 9.69. The van der Waals surface area contributed by atoms with Crippen molar-refractivity contribution in [2.75, 3.05) is 13.1 Å². The van der Waals surface area contributed by atoms with E-state index in [9.17, 15) is 14.4 Å². The Morgan fingerprint density at radius 1 is 1.19 bits per heavy atom. The van der Waals surface area contributed by atoms with Crippen LogP contribution in [0.3, 0.4) is 0 Å². The Morgan fingerprint density at radius 2 is 2.04 bits per heavy atom. The number of Topliss-reactive ketones (excluding diaryl/α,β-unsaturated/α-hetero) is 1. The van der Waals surface area contributed by atoms with Crippen molar-refractivity contribution < 1.29 is 14.4 Å². The molecule has 2 amide bonds. The van der Waals surface area contributed by atoms with Crippen LogP contribution in [-0.2, 0) is 4.79 Å². The van der Waals surface area contributed by atoms with Gasteiger partial charge in [0.2, 0.25) is 5.91 Å². The summed E-state index contributed by atoms with van der Waals surface area (Å²) < 4.78 is 0. The van der Waals surface area contributed by atoms with Crippen LogP contribution >= 0.6 is 11.3 Å². The molecular weight excluding hydrogens is 348 g/mol. The molecule has 0 saturated carbocycles. The van der Waals surface area contributed by atoms with Gasteiger partial charge in [-0.2, -0.15) is 0 Å². The number of hydrogen-bond donors (Lipinski definition) is 1. The van der Waals surface area contributed by atoms with Crippen molar-refractivity contribution >= 4 is 28.9 Å². The summed E-state index contributed by atoms with van der Waals surface area (Å²) in [5.74, 6) is -0.0722. The average molecular weight is 368 g/mol. The van der Waals surface area contributed by atoms with Crippen LogP contribution in [0.2, 0.25) is 0 Å². The summed E-state index contributed by atoms with van der Waals surface area (Å²) in [5.41, 5.74) is 2.33. The Morgan fingerprint density at radius 3 is 2.81 bits per heavy atom. The van der Waals surface area contributed by atoms with Crippen LogP contribution in [0.15, 0.2) is 35.7 Å². The number of fused-ring (bicyclic) bond motifs is 4. The minimum atomic E-state index is -0.109. The fraction of sp³-hybridized carbons (Fsp3) is 0.350. The van der Waals surface area contributed by atoms with Crippen molar-refractivity contribution in [2.45, 2.75) is 25.8 Å². The van der Waals surface area contributed by atoms with Gasteiger partial charge in [-0.1, -0.05) is 12.1 Å². The van der Waals surface area contributed by atoms with Gasteiger partial charge in [-0.25, -0.2) is 0 Å². The van der Waals surface area contributed by atoms with Crippen LogP contribution in [0.4, 0.5) is 0 Å². The predicted octanol–water partition coefficient (Wildman–Crippen LogP) is 2.97. The molecule has 26 heavy (non-hydrogen) atoms. The number of benzene rings is 1. The van der Waals surface area contributed by atoms with E-state index >= 15 is 0 Å². The third-order valence-electron chi connectivity index (χ3n) is 5.16. The van der Waals surface area contributed by atoms with E-state index in [-0.39, 0.29) is 29.6 Å². The van der Waals surface area contributed by atoms with Crippen LogP contribution in [-0.4, -0.2) is 41.6 Å². The van der Waals surface area contributed by atoms with Crippen molar-refractivity contribution in [2.24, 2.45) is 5.92 Å². The molecule has 3 aliphatic heterocycles. The van der Waals surface area contributed by atoms with Crippen LogP contribution < -0.4 is 5.32 Å². The molecular formula is C20H20N2O3S. The molecule has 5 nitrogen and oxygen atoms in total. The lowest BCUT2D eigenvalue weighted by molar-refractivity contribution is -0.126. The molecule has 0 radical (unpaired) electrons. The Hall–Kier alpha value is -2.47. The summed E-state index contributed by atoms with van der Waals surface area (Å²) >= 11 is 1.42. The second-order valence-electron chi connectivity index (χ2n) is 6.99. The molecule has 1 N–H and O–H groups in total. The monoisotopic (exact) mass is 368 g/mol. The molecule has 134 valence electrons. The Labute approximate surface area is 156 Å². The number of piperidine rings is 1. The van der Waals surface area contributed by atoms with Gasteiger partial charge in [-0.3, -0.25) is 14.4 Å². The first-order valence-electron chi connectivity index (χ1n) is 8.81. The number of thiophene rings is 1. The van der Waals surface area contributed by atoms with Gasteiger partial charge in [0.15, 0.2) is 5.78 Å². The van der Waals surface area contributed by atoms with Crippen molar-refractivity contribution in [3.8, 4) is 11.1 Å². The number of carbonyl (C=O) groups is 3. The fourth-order valence-electron chi connectivity index (χ4n) is 3.82. The zero-order chi connectivity index (χ0) is 18.3. The molecule has 1 aromatic carbocycles. The molecule has 2 atom stereocenters. The van der Waals surface area contributed by atoms with Gasteiger partial charge in [0.1, 0.15) is 0 Å². The van der Waals surface area contributed by atoms with Crippen LogP contribution in [0.25, 0.3) is 11.1 Å². The highest BCUT2D eigenvalue weighted by molar-refractivity contribution is 7.12. The molecule has 0 spiro atoms. The maximum absolute atomic E-state index is 13.0. The van der Waals surface area contributed by atoms with Gasteiger partial charge in [0.25, 0.3) is 5.91 Å². The topological polar surface area (TPSA) is 66.5 Å². The Bertz CT molecular complexity index is 889. The lowest BCUT2D eigenvalue weighted by atomic mass is 9.96. The van der Waals surface area contributed by atoms with Gasteiger partial charge in [0.05, 0.1) is 10.8 Å². The summed E-state index contributed by atoms with van der Waals surface area (Å²) in [5, 5.41) is 4.89. The summed E-state index contributed by atoms with van der Waals surface area (Å²) in [6.07, 6.45) is 1.77. The fourth-order valence-corrected chi connectivity index (χ4v) is 4.64. The zero-order valence-electron chi connectivity index (χ0n) is 14.5. The molecule has 3 fully saturated rings. The smallest absolute Gasteiger partial charge is 0.253 e. The SMILES string of the molecule is CC(=O)c1sccc1-c1cccc(C(=O)N2C[C@@H]3CC[C@H](C2)C(=O)N3)c1. The van der Waals surface area contributed by atoms with Crippen molar-refractivity contribution in [1.82, 2.24) is 10.2 Å². The minimum Gasteiger partial charge on any atom is -0.351 e. The third-order valence-corrected chi connectivity index (χ3v) is 6.17. The van der Waals surface area contributed by atoms with E-state index in [1.807, 2.05) is 29.6 Å². The molecule has 2 bridgehead atoms. The highest BCUT2D eigenvalue weighted by Gasteiger charge is 2.36. The summed E-state index contributed by atoms with van der Waals surface area (Å²) in [6, 6.07) is 9.38. The maximum atomic E-state index is 13.0. The van der Waals surface area contributed by atoms with Crippen molar-refractivity contribution in [3.05, 3.63) is 46.2 Å². The standard InChI is InChI=1S/C20H20N2O3S/c1-12(23)18-17(7-8-26-18)13-3-2-4-14(9-13)20(25)22-10-15-5-6-16(11-22)21-19(15)24/h2-4,7-9,15-16H,5-6,10-11H2,1H3,(H,21,24)/t15-,16+/m1/s1. The molecule has 5 rings (SSSR count). The first kappa shape index (κ1) is 17.0. The molecule has 6 heteroatoms. The minimum absolute atomic E-state index is 0.0282. The molecule has 0 aliphatic carbocycles. The number of nitrogens with zero attached hydrogens (tertiary/aromatic N) is 1. The molecule has 4 heterocycles. The number of carbonyl (C=O) groups excluding carboxylic acids is 3. The summed E-state index contributed by atoms with van der Waals surface area (Å²) in [6.45, 7) is 2.59. The molecule has 3 aliphatic rings. The normalized spacial score (nSPS) is 22.0. The highest BCUT2D eigenvalue weighted by Crippen LogP contribution is 2.30. The van der Waals surface area contributed by atoms with Gasteiger partial charge in [-0.15, -0.1) is 11.3 Å². The second-order valence-corrected chi connectivity index (χ2v) is 7.91. The zero-order valence-corrected chi connectivity index (χ0v) is 15.3. The maximum Gasteiger partial charge on any atom is 0.253 e. The van der Waals surface area contributed by atoms with E-state index in [0.717, 1.165) is 24.0 Å². The number of amides is 2.